The number of carbonyl (C=O) groups is 1. The number of carboxylic acid groups (broad SMARTS) is 1. The lowest BCUT2D eigenvalue weighted by Crippen LogP contribution is -2.22. The number of aryl methyl sites for hydroxylation is 1. The number of rotatable bonds is 5. The Balaban J connectivity index is 2.24. The van der Waals surface area contributed by atoms with E-state index in [0.29, 0.717) is 23.4 Å². The molecule has 0 aromatic carbocycles. The molecule has 0 amide bonds. The van der Waals surface area contributed by atoms with Crippen LogP contribution in [0, 0.1) is 18.8 Å². The molecule has 2 N–H and O–H groups in total. The number of hydrogen-bond acceptors (Lipinski definition) is 6. The van der Waals surface area contributed by atoms with Crippen LogP contribution in [0.15, 0.2) is 11.1 Å². The first-order valence-electron chi connectivity index (χ1n) is 6.80. The van der Waals surface area contributed by atoms with Gasteiger partial charge in [0.15, 0.2) is 0 Å². The highest BCUT2D eigenvalue weighted by atomic mass is 32.2. The zero-order valence-corrected chi connectivity index (χ0v) is 14.3. The average Bonchev–Trinajstić information content (AvgIpc) is 2.83. The van der Waals surface area contributed by atoms with Crippen LogP contribution in [0.5, 0.6) is 0 Å². The van der Waals surface area contributed by atoms with Crippen molar-refractivity contribution in [3.8, 4) is 11.8 Å². The van der Waals surface area contributed by atoms with Crippen molar-refractivity contribution >= 4 is 39.3 Å². The van der Waals surface area contributed by atoms with Crippen molar-refractivity contribution in [1.29, 1.82) is 0 Å². The highest BCUT2D eigenvalue weighted by molar-refractivity contribution is 8.00. The lowest BCUT2D eigenvalue weighted by atomic mass is 10.3. The van der Waals surface area contributed by atoms with Crippen LogP contribution >= 0.6 is 23.1 Å². The van der Waals surface area contributed by atoms with E-state index in [1.54, 1.807) is 0 Å². The Morgan fingerprint density at radius 2 is 2.27 bits per heavy atom. The normalized spacial score (nSPS) is 10.7. The van der Waals surface area contributed by atoms with Crippen molar-refractivity contribution in [2.45, 2.75) is 31.8 Å². The number of thiophene rings is 1. The van der Waals surface area contributed by atoms with E-state index in [9.17, 15) is 4.79 Å². The second-order valence-corrected chi connectivity index (χ2v) is 6.92. The summed E-state index contributed by atoms with van der Waals surface area (Å²) >= 11 is 2.72. The largest absolute Gasteiger partial charge is 0.481 e. The van der Waals surface area contributed by atoms with Crippen molar-refractivity contribution in [2.24, 2.45) is 0 Å². The van der Waals surface area contributed by atoms with E-state index in [-0.39, 0.29) is 5.75 Å². The topological polar surface area (TPSA) is 75.1 Å². The predicted octanol–water partition coefficient (Wildman–Crippen LogP) is 2.53. The molecule has 0 bridgehead atoms. The summed E-state index contributed by atoms with van der Waals surface area (Å²) in [5.74, 6) is 5.96. The number of nitrogens with one attached hydrogen (secondary N) is 1. The summed E-state index contributed by atoms with van der Waals surface area (Å²) in [6.45, 7) is 6.59. The number of hydrogen-bond donors (Lipinski definition) is 2. The van der Waals surface area contributed by atoms with Gasteiger partial charge in [-0.3, -0.25) is 4.79 Å². The van der Waals surface area contributed by atoms with Crippen LogP contribution in [0.1, 0.15) is 24.5 Å². The maximum atomic E-state index is 10.7. The standard InChI is InChI=1S/C15H17N3O2S2/c1-9(2)16-6-4-5-11-7-12-14(21-8-13(19)20)17-10(3)18-15(12)22-11/h7,9,16H,6,8H2,1-3H3,(H,19,20). The minimum absolute atomic E-state index is 0.0132. The lowest BCUT2D eigenvalue weighted by molar-refractivity contribution is -0.133. The highest BCUT2D eigenvalue weighted by Crippen LogP contribution is 2.31. The number of fused-ring (bicyclic) bond motifs is 1. The van der Waals surface area contributed by atoms with Crippen LogP contribution in [-0.4, -0.2) is 39.4 Å². The maximum absolute atomic E-state index is 10.7. The third-order valence-electron chi connectivity index (χ3n) is 2.61. The molecule has 0 spiro atoms. The molecule has 0 aliphatic rings. The molecule has 2 rings (SSSR count). The van der Waals surface area contributed by atoms with Gasteiger partial charge in [-0.1, -0.05) is 23.6 Å². The quantitative estimate of drug-likeness (QED) is 0.497. The van der Waals surface area contributed by atoms with Gasteiger partial charge in [-0.15, -0.1) is 11.3 Å². The molecule has 0 unspecified atom stereocenters. The summed E-state index contributed by atoms with van der Waals surface area (Å²) in [5, 5.41) is 13.6. The molecule has 116 valence electrons. The van der Waals surface area contributed by atoms with Crippen molar-refractivity contribution in [3.05, 3.63) is 16.8 Å². The summed E-state index contributed by atoms with van der Waals surface area (Å²) < 4.78 is 0. The molecule has 2 heterocycles. The SMILES string of the molecule is Cc1nc(SCC(=O)O)c2cc(C#CCNC(C)C)sc2n1. The second-order valence-electron chi connectivity index (χ2n) is 4.93. The van der Waals surface area contributed by atoms with Crippen LogP contribution in [0.2, 0.25) is 0 Å². The Kier molecular flexibility index (Phi) is 5.77. The van der Waals surface area contributed by atoms with E-state index >= 15 is 0 Å². The Hall–Kier alpha value is -1.62. The summed E-state index contributed by atoms with van der Waals surface area (Å²) in [5.41, 5.74) is 0. The Labute approximate surface area is 137 Å². The molecule has 0 aliphatic carbocycles. The zero-order valence-electron chi connectivity index (χ0n) is 12.6. The average molecular weight is 335 g/mol. The minimum atomic E-state index is -0.857. The fourth-order valence-corrected chi connectivity index (χ4v) is 3.47. The number of aromatic nitrogens is 2. The van der Waals surface area contributed by atoms with Gasteiger partial charge in [-0.05, 0) is 26.8 Å². The Bertz CT molecular complexity index is 744. The fraction of sp³-hybridized carbons (Fsp3) is 0.400. The molecule has 0 fully saturated rings. The van der Waals surface area contributed by atoms with E-state index in [2.05, 4.69) is 41.0 Å². The van der Waals surface area contributed by atoms with Crippen LogP contribution in [0.25, 0.3) is 10.2 Å². The van der Waals surface area contributed by atoms with Gasteiger partial charge in [-0.25, -0.2) is 9.97 Å². The van der Waals surface area contributed by atoms with Gasteiger partial charge in [-0.2, -0.15) is 0 Å². The predicted molar refractivity (Wildman–Crippen MR) is 90.5 cm³/mol. The first-order valence-corrected chi connectivity index (χ1v) is 8.61. The number of thioether (sulfide) groups is 1. The molecule has 0 atom stereocenters. The van der Waals surface area contributed by atoms with Crippen molar-refractivity contribution in [2.75, 3.05) is 12.3 Å². The van der Waals surface area contributed by atoms with Crippen LogP contribution in [-0.2, 0) is 4.79 Å². The lowest BCUT2D eigenvalue weighted by Gasteiger charge is -2.01. The Morgan fingerprint density at radius 1 is 1.50 bits per heavy atom. The van der Waals surface area contributed by atoms with Gasteiger partial charge < -0.3 is 10.4 Å². The van der Waals surface area contributed by atoms with Gasteiger partial charge in [0.25, 0.3) is 0 Å². The number of aliphatic carboxylic acids is 1. The second kappa shape index (κ2) is 7.58. The van der Waals surface area contributed by atoms with E-state index in [4.69, 9.17) is 5.11 Å². The maximum Gasteiger partial charge on any atom is 0.313 e. The van der Waals surface area contributed by atoms with Crippen molar-refractivity contribution in [3.63, 3.8) is 0 Å². The molecule has 7 heteroatoms. The molecule has 0 saturated carbocycles. The molecule has 0 saturated heterocycles. The summed E-state index contributed by atoms with van der Waals surface area (Å²) in [4.78, 5) is 21.2. The molecule has 2 aromatic heterocycles. The highest BCUT2D eigenvalue weighted by Gasteiger charge is 2.11. The third kappa shape index (κ3) is 4.70. The molecule has 22 heavy (non-hydrogen) atoms. The van der Waals surface area contributed by atoms with Gasteiger partial charge in [0.2, 0.25) is 0 Å². The monoisotopic (exact) mass is 335 g/mol. The molecule has 2 aromatic rings. The molecule has 5 nitrogen and oxygen atoms in total. The van der Waals surface area contributed by atoms with Crippen molar-refractivity contribution < 1.29 is 9.90 Å². The van der Waals surface area contributed by atoms with E-state index in [0.717, 1.165) is 15.1 Å². The van der Waals surface area contributed by atoms with Crippen molar-refractivity contribution in [1.82, 2.24) is 15.3 Å². The summed E-state index contributed by atoms with van der Waals surface area (Å²) in [6, 6.07) is 2.34. The van der Waals surface area contributed by atoms with Gasteiger partial charge >= 0.3 is 5.97 Å². The van der Waals surface area contributed by atoms with E-state index in [1.807, 2.05) is 13.0 Å². The Morgan fingerprint density at radius 3 is 2.95 bits per heavy atom. The summed E-state index contributed by atoms with van der Waals surface area (Å²) in [7, 11) is 0. The molecule has 0 radical (unpaired) electrons. The number of nitrogens with zero attached hydrogens (tertiary/aromatic N) is 2. The minimum Gasteiger partial charge on any atom is -0.481 e. The van der Waals surface area contributed by atoms with Crippen LogP contribution in [0.4, 0.5) is 0 Å². The fourth-order valence-electron chi connectivity index (χ4n) is 1.69. The first kappa shape index (κ1) is 16.7. The third-order valence-corrected chi connectivity index (χ3v) is 4.53. The zero-order chi connectivity index (χ0) is 16.1. The van der Waals surface area contributed by atoms with Gasteiger partial charge in [0.1, 0.15) is 15.7 Å². The number of carboxylic acids is 1. The van der Waals surface area contributed by atoms with E-state index in [1.165, 1.54) is 23.1 Å². The van der Waals surface area contributed by atoms with Gasteiger partial charge in [0, 0.05) is 11.4 Å². The molecular formula is C15H17N3O2S2. The van der Waals surface area contributed by atoms with Crippen LogP contribution < -0.4 is 5.32 Å². The molecular weight excluding hydrogens is 318 g/mol. The first-order chi connectivity index (χ1) is 10.5. The van der Waals surface area contributed by atoms with Crippen LogP contribution in [0.3, 0.4) is 0 Å². The van der Waals surface area contributed by atoms with Gasteiger partial charge in [0.05, 0.1) is 17.2 Å². The smallest absolute Gasteiger partial charge is 0.313 e. The van der Waals surface area contributed by atoms with E-state index < -0.39 is 5.97 Å². The summed E-state index contributed by atoms with van der Waals surface area (Å²) in [6.07, 6.45) is 0. The molecule has 0 aliphatic heterocycles.